The largest absolute Gasteiger partial charge is 0.459 e. The summed E-state index contributed by atoms with van der Waals surface area (Å²) in [6, 6.07) is 6.12. The standard InChI is InChI=1S/C27H29FN6O4S/c1-4-32-15-18(25(36)29-27-31-30-23(39-27)12-16(2)3)24(35)17-13-19(28)21(14-20(17)32)33-7-9-34(10-8-33)26(37)22-6-5-11-38-22/h5-6,11,13-16H,4,7-10,12H2,1-3H3,(H,29,31,36). The number of nitrogens with zero attached hydrogens (tertiary/aromatic N) is 5. The highest BCUT2D eigenvalue weighted by molar-refractivity contribution is 7.15. The smallest absolute Gasteiger partial charge is 0.289 e. The van der Waals surface area contributed by atoms with Gasteiger partial charge in [0.25, 0.3) is 11.8 Å². The molecule has 1 N–H and O–H groups in total. The number of piperazine rings is 1. The van der Waals surface area contributed by atoms with E-state index in [1.807, 2.05) is 11.8 Å². The third kappa shape index (κ3) is 5.42. The summed E-state index contributed by atoms with van der Waals surface area (Å²) in [4.78, 5) is 42.4. The zero-order chi connectivity index (χ0) is 27.7. The summed E-state index contributed by atoms with van der Waals surface area (Å²) in [7, 11) is 0. The van der Waals surface area contributed by atoms with Gasteiger partial charge in [-0.15, -0.1) is 10.2 Å². The molecule has 1 aliphatic rings. The maximum absolute atomic E-state index is 15.4. The third-order valence-corrected chi connectivity index (χ3v) is 7.50. The molecule has 2 amide bonds. The predicted octanol–water partition coefficient (Wildman–Crippen LogP) is 4.02. The van der Waals surface area contributed by atoms with E-state index in [4.69, 9.17) is 4.42 Å². The average molecular weight is 553 g/mol. The molecule has 0 saturated carbocycles. The molecule has 4 aromatic rings. The number of carbonyl (C=O) groups excluding carboxylic acids is 2. The van der Waals surface area contributed by atoms with Gasteiger partial charge in [0, 0.05) is 50.7 Å². The maximum Gasteiger partial charge on any atom is 0.289 e. The van der Waals surface area contributed by atoms with E-state index >= 15 is 4.39 Å². The number of fused-ring (bicyclic) bond motifs is 1. The van der Waals surface area contributed by atoms with Crippen LogP contribution in [-0.2, 0) is 13.0 Å². The summed E-state index contributed by atoms with van der Waals surface area (Å²) >= 11 is 1.27. The molecule has 3 aromatic heterocycles. The van der Waals surface area contributed by atoms with E-state index in [2.05, 4.69) is 29.4 Å². The van der Waals surface area contributed by atoms with Crippen LogP contribution in [0, 0.1) is 11.7 Å². The van der Waals surface area contributed by atoms with Gasteiger partial charge in [0.15, 0.2) is 5.76 Å². The molecule has 0 spiro atoms. The van der Waals surface area contributed by atoms with Gasteiger partial charge in [-0.1, -0.05) is 25.2 Å². The Balaban J connectivity index is 1.39. The topological polar surface area (TPSA) is 114 Å². The Morgan fingerprint density at radius 1 is 1.18 bits per heavy atom. The second-order valence-electron chi connectivity index (χ2n) is 9.79. The van der Waals surface area contributed by atoms with E-state index < -0.39 is 17.2 Å². The number of pyridine rings is 1. The molecule has 4 heterocycles. The van der Waals surface area contributed by atoms with Gasteiger partial charge >= 0.3 is 0 Å². The third-order valence-electron chi connectivity index (χ3n) is 6.64. The van der Waals surface area contributed by atoms with E-state index in [0.717, 1.165) is 11.4 Å². The van der Waals surface area contributed by atoms with Crippen molar-refractivity contribution < 1.29 is 18.4 Å². The van der Waals surface area contributed by atoms with Crippen LogP contribution < -0.4 is 15.6 Å². The fourth-order valence-corrected chi connectivity index (χ4v) is 5.62. The van der Waals surface area contributed by atoms with E-state index in [1.54, 1.807) is 27.7 Å². The molecule has 1 saturated heterocycles. The highest BCUT2D eigenvalue weighted by atomic mass is 32.1. The summed E-state index contributed by atoms with van der Waals surface area (Å²) in [6.45, 7) is 8.13. The fraction of sp³-hybridized carbons (Fsp3) is 0.370. The number of halogens is 1. The van der Waals surface area contributed by atoms with Crippen LogP contribution in [0.3, 0.4) is 0 Å². The second-order valence-corrected chi connectivity index (χ2v) is 10.9. The minimum atomic E-state index is -0.613. The lowest BCUT2D eigenvalue weighted by atomic mass is 10.1. The number of aryl methyl sites for hydroxylation is 1. The molecule has 1 aliphatic heterocycles. The summed E-state index contributed by atoms with van der Waals surface area (Å²) in [5.74, 6) is -0.707. The fourth-order valence-electron chi connectivity index (χ4n) is 4.67. The highest BCUT2D eigenvalue weighted by Crippen LogP contribution is 2.27. The van der Waals surface area contributed by atoms with Gasteiger partial charge in [-0.25, -0.2) is 4.39 Å². The number of aromatic nitrogens is 3. The van der Waals surface area contributed by atoms with Crippen molar-refractivity contribution >= 4 is 44.9 Å². The van der Waals surface area contributed by atoms with Crippen LogP contribution in [0.2, 0.25) is 0 Å². The Bertz CT molecular complexity index is 1570. The molecule has 0 atom stereocenters. The van der Waals surface area contributed by atoms with Gasteiger partial charge in [-0.3, -0.25) is 19.7 Å². The van der Waals surface area contributed by atoms with Crippen LogP contribution >= 0.6 is 11.3 Å². The molecule has 12 heteroatoms. The van der Waals surface area contributed by atoms with Crippen molar-refractivity contribution in [2.24, 2.45) is 5.92 Å². The molecule has 5 rings (SSSR count). The number of amides is 2. The Kier molecular flexibility index (Phi) is 7.47. The van der Waals surface area contributed by atoms with Crippen LogP contribution in [0.15, 0.2) is 45.9 Å². The Hall–Kier alpha value is -4.06. The molecule has 10 nitrogen and oxygen atoms in total. The van der Waals surface area contributed by atoms with Crippen molar-refractivity contribution in [2.75, 3.05) is 36.4 Å². The number of benzene rings is 1. The normalized spacial score (nSPS) is 13.9. The van der Waals surface area contributed by atoms with Crippen LogP contribution in [-0.4, -0.2) is 57.7 Å². The quantitative estimate of drug-likeness (QED) is 0.368. The van der Waals surface area contributed by atoms with E-state index in [0.29, 0.717) is 55.0 Å². The molecule has 1 aromatic carbocycles. The Morgan fingerprint density at radius 2 is 1.95 bits per heavy atom. The SMILES string of the molecule is CCn1cc(C(=O)Nc2nnc(CC(C)C)s2)c(=O)c2cc(F)c(N3CCN(C(=O)c4ccco4)CC3)cc21. The maximum atomic E-state index is 15.4. The zero-order valence-electron chi connectivity index (χ0n) is 21.9. The van der Waals surface area contributed by atoms with Gasteiger partial charge < -0.3 is 18.8 Å². The van der Waals surface area contributed by atoms with E-state index in [-0.39, 0.29) is 22.6 Å². The summed E-state index contributed by atoms with van der Waals surface area (Å²) in [5, 5.41) is 12.0. The number of anilines is 2. The lowest BCUT2D eigenvalue weighted by molar-refractivity contribution is 0.0714. The van der Waals surface area contributed by atoms with Crippen molar-refractivity contribution in [3.8, 4) is 0 Å². The lowest BCUT2D eigenvalue weighted by Crippen LogP contribution is -2.49. The summed E-state index contributed by atoms with van der Waals surface area (Å²) < 4.78 is 22.3. The number of hydrogen-bond donors (Lipinski definition) is 1. The first-order valence-electron chi connectivity index (χ1n) is 12.8. The molecule has 1 fully saturated rings. The van der Waals surface area contributed by atoms with Gasteiger partial charge in [0.2, 0.25) is 10.6 Å². The zero-order valence-corrected chi connectivity index (χ0v) is 22.8. The molecule has 0 aliphatic carbocycles. The number of hydrogen-bond acceptors (Lipinski definition) is 8. The van der Waals surface area contributed by atoms with Crippen LogP contribution in [0.1, 0.15) is 46.7 Å². The Morgan fingerprint density at radius 3 is 2.62 bits per heavy atom. The predicted molar refractivity (Wildman–Crippen MR) is 147 cm³/mol. The molecular weight excluding hydrogens is 523 g/mol. The lowest BCUT2D eigenvalue weighted by Gasteiger charge is -2.36. The highest BCUT2D eigenvalue weighted by Gasteiger charge is 2.26. The monoisotopic (exact) mass is 552 g/mol. The van der Waals surface area contributed by atoms with Crippen LogP contribution in [0.5, 0.6) is 0 Å². The minimum absolute atomic E-state index is 0.0952. The van der Waals surface area contributed by atoms with Gasteiger partial charge in [0.1, 0.15) is 16.4 Å². The number of furan rings is 1. The van der Waals surface area contributed by atoms with Gasteiger partial charge in [-0.2, -0.15) is 0 Å². The number of rotatable bonds is 7. The summed E-state index contributed by atoms with van der Waals surface area (Å²) in [6.07, 6.45) is 3.69. The van der Waals surface area contributed by atoms with Crippen molar-refractivity contribution in [3.63, 3.8) is 0 Å². The van der Waals surface area contributed by atoms with Crippen LogP contribution in [0.25, 0.3) is 10.9 Å². The molecule has 204 valence electrons. The van der Waals surface area contributed by atoms with E-state index in [9.17, 15) is 14.4 Å². The van der Waals surface area contributed by atoms with Crippen molar-refractivity contribution in [1.29, 1.82) is 0 Å². The number of nitrogens with one attached hydrogen (secondary N) is 1. The first-order valence-corrected chi connectivity index (χ1v) is 13.6. The average Bonchev–Trinajstić information content (AvgIpc) is 3.61. The Labute approximate surface area is 228 Å². The first-order chi connectivity index (χ1) is 18.7. The van der Waals surface area contributed by atoms with Crippen molar-refractivity contribution in [3.05, 3.63) is 69.1 Å². The molecule has 39 heavy (non-hydrogen) atoms. The molecule has 0 bridgehead atoms. The van der Waals surface area contributed by atoms with Gasteiger partial charge in [0.05, 0.1) is 17.5 Å². The second kappa shape index (κ2) is 11.0. The first kappa shape index (κ1) is 26.5. The van der Waals surface area contributed by atoms with Gasteiger partial charge in [-0.05, 0) is 37.1 Å². The molecular formula is C27H29FN6O4S. The van der Waals surface area contributed by atoms with Crippen molar-refractivity contribution in [1.82, 2.24) is 19.7 Å². The summed E-state index contributed by atoms with van der Waals surface area (Å²) in [5.41, 5.74) is 0.221. The number of carbonyl (C=O) groups is 2. The molecule has 0 radical (unpaired) electrons. The molecule has 0 unspecified atom stereocenters. The van der Waals surface area contributed by atoms with Crippen LogP contribution in [0.4, 0.5) is 15.2 Å². The van der Waals surface area contributed by atoms with E-state index in [1.165, 1.54) is 29.9 Å². The van der Waals surface area contributed by atoms with Crippen molar-refractivity contribution in [2.45, 2.75) is 33.7 Å². The minimum Gasteiger partial charge on any atom is -0.459 e.